The summed E-state index contributed by atoms with van der Waals surface area (Å²) in [6.07, 6.45) is 0.0376. The molecular weight excluding hydrogens is 270 g/mol. The van der Waals surface area contributed by atoms with E-state index in [0.29, 0.717) is 5.92 Å². The second-order valence-corrected chi connectivity index (χ2v) is 6.30. The van der Waals surface area contributed by atoms with E-state index in [1.807, 2.05) is 12.1 Å². The van der Waals surface area contributed by atoms with Gasteiger partial charge in [0.2, 0.25) is 0 Å². The number of rotatable bonds is 6. The Bertz CT molecular complexity index is 562. The molecule has 0 N–H and O–H groups in total. The molecule has 2 aromatic rings. The lowest BCUT2D eigenvalue weighted by Crippen LogP contribution is -2.29. The summed E-state index contributed by atoms with van der Waals surface area (Å²) in [6.45, 7) is 8.66. The number of nitrogens with zero attached hydrogens (tertiary/aromatic N) is 1. The van der Waals surface area contributed by atoms with Crippen molar-refractivity contribution in [3.63, 3.8) is 0 Å². The Labute approximate surface area is 134 Å². The van der Waals surface area contributed by atoms with E-state index in [9.17, 15) is 0 Å². The van der Waals surface area contributed by atoms with Crippen LogP contribution in [0.5, 0.6) is 0 Å². The van der Waals surface area contributed by atoms with E-state index < -0.39 is 0 Å². The third-order valence-corrected chi connectivity index (χ3v) is 4.04. The first kappa shape index (κ1) is 16.7. The van der Waals surface area contributed by atoms with Gasteiger partial charge in [-0.15, -0.1) is 0 Å². The van der Waals surface area contributed by atoms with Crippen molar-refractivity contribution < 1.29 is 4.84 Å². The minimum atomic E-state index is 0.0376. The summed E-state index contributed by atoms with van der Waals surface area (Å²) in [7, 11) is 2.03. The monoisotopic (exact) mass is 297 g/mol. The van der Waals surface area contributed by atoms with Crippen LogP contribution in [0.3, 0.4) is 0 Å². The molecular formula is C20H27NO. The zero-order valence-electron chi connectivity index (χ0n) is 14.3. The number of benzene rings is 2. The fourth-order valence-corrected chi connectivity index (χ4v) is 2.88. The molecule has 0 aromatic heterocycles. The minimum absolute atomic E-state index is 0.0376. The van der Waals surface area contributed by atoms with E-state index in [2.05, 4.69) is 82.3 Å². The summed E-state index contributed by atoms with van der Waals surface area (Å²) in [5.74, 6) is 0.470. The Kier molecular flexibility index (Phi) is 5.76. The third kappa shape index (κ3) is 4.19. The van der Waals surface area contributed by atoms with Crippen LogP contribution in [-0.2, 0) is 4.84 Å². The SMILES string of the molecule is Cc1ccc(C(C)ON(C)C(c2ccccc2)C(C)C)cc1. The van der Waals surface area contributed by atoms with Gasteiger partial charge in [-0.25, -0.2) is 0 Å². The molecule has 2 atom stereocenters. The molecule has 0 aliphatic heterocycles. The number of aryl methyl sites for hydroxylation is 1. The standard InChI is InChI=1S/C20H27NO/c1-15(2)20(19-9-7-6-8-10-19)21(5)22-17(4)18-13-11-16(3)12-14-18/h6-15,17,20H,1-5H3. The Morgan fingerprint density at radius 2 is 1.41 bits per heavy atom. The van der Waals surface area contributed by atoms with Crippen LogP contribution in [0, 0.1) is 12.8 Å². The number of hydroxylamine groups is 2. The highest BCUT2D eigenvalue weighted by Crippen LogP contribution is 2.30. The lowest BCUT2D eigenvalue weighted by atomic mass is 9.96. The Balaban J connectivity index is 2.11. The molecule has 0 fully saturated rings. The smallest absolute Gasteiger partial charge is 0.101 e. The van der Waals surface area contributed by atoms with Crippen LogP contribution in [0.4, 0.5) is 0 Å². The molecule has 118 valence electrons. The lowest BCUT2D eigenvalue weighted by Gasteiger charge is -2.33. The molecule has 2 rings (SSSR count). The number of hydrogen-bond donors (Lipinski definition) is 0. The van der Waals surface area contributed by atoms with Crippen LogP contribution in [0.1, 0.15) is 49.6 Å². The van der Waals surface area contributed by atoms with Crippen LogP contribution in [0.2, 0.25) is 0 Å². The predicted molar refractivity (Wildman–Crippen MR) is 92.5 cm³/mol. The highest BCUT2D eigenvalue weighted by atomic mass is 16.7. The first-order valence-electron chi connectivity index (χ1n) is 8.00. The summed E-state index contributed by atoms with van der Waals surface area (Å²) >= 11 is 0. The van der Waals surface area contributed by atoms with Crippen molar-refractivity contribution in [2.75, 3.05) is 7.05 Å². The highest BCUT2D eigenvalue weighted by molar-refractivity contribution is 5.23. The summed E-state index contributed by atoms with van der Waals surface area (Å²) < 4.78 is 0. The molecule has 2 aromatic carbocycles. The van der Waals surface area contributed by atoms with Gasteiger partial charge in [0.1, 0.15) is 6.10 Å². The average molecular weight is 297 g/mol. The van der Waals surface area contributed by atoms with Crippen molar-refractivity contribution in [3.05, 3.63) is 71.3 Å². The van der Waals surface area contributed by atoms with Crippen molar-refractivity contribution in [3.8, 4) is 0 Å². The van der Waals surface area contributed by atoms with Gasteiger partial charge in [0, 0.05) is 7.05 Å². The van der Waals surface area contributed by atoms with Crippen molar-refractivity contribution in [2.45, 2.75) is 39.8 Å². The van der Waals surface area contributed by atoms with Gasteiger partial charge in [-0.3, -0.25) is 4.84 Å². The van der Waals surface area contributed by atoms with Crippen LogP contribution >= 0.6 is 0 Å². The van der Waals surface area contributed by atoms with E-state index in [1.165, 1.54) is 16.7 Å². The van der Waals surface area contributed by atoms with Gasteiger partial charge < -0.3 is 0 Å². The molecule has 22 heavy (non-hydrogen) atoms. The molecule has 0 aliphatic carbocycles. The largest absolute Gasteiger partial charge is 0.291 e. The Morgan fingerprint density at radius 1 is 0.818 bits per heavy atom. The quantitative estimate of drug-likeness (QED) is 0.669. The summed E-state index contributed by atoms with van der Waals surface area (Å²) in [5.41, 5.74) is 3.76. The highest BCUT2D eigenvalue weighted by Gasteiger charge is 2.23. The van der Waals surface area contributed by atoms with Crippen molar-refractivity contribution in [1.82, 2.24) is 5.06 Å². The molecule has 2 unspecified atom stereocenters. The van der Waals surface area contributed by atoms with E-state index in [4.69, 9.17) is 4.84 Å². The van der Waals surface area contributed by atoms with Gasteiger partial charge in [-0.2, -0.15) is 5.06 Å². The van der Waals surface area contributed by atoms with Gasteiger partial charge in [-0.1, -0.05) is 74.0 Å². The van der Waals surface area contributed by atoms with Crippen LogP contribution in [0.15, 0.2) is 54.6 Å². The molecule has 2 heteroatoms. The molecule has 0 bridgehead atoms. The van der Waals surface area contributed by atoms with E-state index >= 15 is 0 Å². The van der Waals surface area contributed by atoms with Gasteiger partial charge in [0.15, 0.2) is 0 Å². The van der Waals surface area contributed by atoms with Gasteiger partial charge >= 0.3 is 0 Å². The molecule has 0 aliphatic rings. The van der Waals surface area contributed by atoms with E-state index in [0.717, 1.165) is 0 Å². The lowest BCUT2D eigenvalue weighted by molar-refractivity contribution is -0.212. The van der Waals surface area contributed by atoms with Crippen molar-refractivity contribution in [1.29, 1.82) is 0 Å². The first-order chi connectivity index (χ1) is 10.5. The maximum absolute atomic E-state index is 6.19. The molecule has 0 radical (unpaired) electrons. The van der Waals surface area contributed by atoms with Crippen molar-refractivity contribution in [2.24, 2.45) is 5.92 Å². The maximum Gasteiger partial charge on any atom is 0.101 e. The fourth-order valence-electron chi connectivity index (χ4n) is 2.88. The normalized spacial score (nSPS) is 14.3. The van der Waals surface area contributed by atoms with E-state index in [-0.39, 0.29) is 12.1 Å². The number of hydrogen-bond acceptors (Lipinski definition) is 2. The van der Waals surface area contributed by atoms with Crippen LogP contribution in [0.25, 0.3) is 0 Å². The molecule has 0 saturated heterocycles. The first-order valence-corrected chi connectivity index (χ1v) is 8.00. The zero-order chi connectivity index (χ0) is 16.1. The van der Waals surface area contributed by atoms with E-state index in [1.54, 1.807) is 0 Å². The molecule has 0 saturated carbocycles. The molecule has 0 amide bonds. The summed E-state index contributed by atoms with van der Waals surface area (Å²) in [4.78, 5) is 6.19. The second-order valence-electron chi connectivity index (χ2n) is 6.30. The molecule has 2 nitrogen and oxygen atoms in total. The van der Waals surface area contributed by atoms with Crippen molar-refractivity contribution >= 4 is 0 Å². The van der Waals surface area contributed by atoms with Gasteiger partial charge in [0.05, 0.1) is 6.04 Å². The Hall–Kier alpha value is -1.64. The topological polar surface area (TPSA) is 12.5 Å². The minimum Gasteiger partial charge on any atom is -0.291 e. The van der Waals surface area contributed by atoms with Gasteiger partial charge in [0.25, 0.3) is 0 Å². The maximum atomic E-state index is 6.19. The zero-order valence-corrected chi connectivity index (χ0v) is 14.3. The predicted octanol–water partition coefficient (Wildman–Crippen LogP) is 5.32. The Morgan fingerprint density at radius 3 is 1.95 bits per heavy atom. The van der Waals surface area contributed by atoms with Crippen LogP contribution in [-0.4, -0.2) is 12.1 Å². The molecule has 0 spiro atoms. The summed E-state index contributed by atoms with van der Waals surface area (Å²) in [6, 6.07) is 19.3. The third-order valence-electron chi connectivity index (χ3n) is 4.04. The summed E-state index contributed by atoms with van der Waals surface area (Å²) in [5, 5.41) is 2.00. The fraction of sp³-hybridized carbons (Fsp3) is 0.400. The van der Waals surface area contributed by atoms with Crippen LogP contribution < -0.4 is 0 Å². The van der Waals surface area contributed by atoms with Gasteiger partial charge in [-0.05, 0) is 30.9 Å². The molecule has 0 heterocycles. The second kappa shape index (κ2) is 7.57. The average Bonchev–Trinajstić information content (AvgIpc) is 2.48.